The minimum absolute atomic E-state index is 0.323. The number of aromatic nitrogens is 3. The Morgan fingerprint density at radius 2 is 0.825 bits per heavy atom. The van der Waals surface area contributed by atoms with E-state index in [1.54, 1.807) is 0 Å². The summed E-state index contributed by atoms with van der Waals surface area (Å²) >= 11 is 0. The highest BCUT2D eigenvalue weighted by atomic mass is 16.2. The molecule has 4 heterocycles. The van der Waals surface area contributed by atoms with E-state index in [0.29, 0.717) is 16.8 Å². The van der Waals surface area contributed by atoms with Crippen LogP contribution in [0.1, 0.15) is 31.8 Å². The fraction of sp³-hybridized carbons (Fsp3) is 0.0196. The highest BCUT2D eigenvalue weighted by Crippen LogP contribution is 2.49. The van der Waals surface area contributed by atoms with Gasteiger partial charge in [-0.3, -0.25) is 9.59 Å². The van der Waals surface area contributed by atoms with Gasteiger partial charge >= 0.3 is 0 Å². The first kappa shape index (κ1) is 30.6. The van der Waals surface area contributed by atoms with Crippen molar-refractivity contribution in [2.75, 3.05) is 4.90 Å². The number of amides is 2. The van der Waals surface area contributed by atoms with Crippen molar-refractivity contribution >= 4 is 82.9 Å². The number of para-hydroxylation sites is 5. The monoisotopic (exact) mass is 730 g/mol. The van der Waals surface area contributed by atoms with E-state index in [1.807, 2.05) is 48.5 Å². The van der Waals surface area contributed by atoms with Crippen molar-refractivity contribution in [3.8, 4) is 17.1 Å². The van der Waals surface area contributed by atoms with Gasteiger partial charge in [0.15, 0.2) is 0 Å². The molecule has 2 aliphatic carbocycles. The minimum atomic E-state index is -0.328. The third-order valence-electron chi connectivity index (χ3n) is 12.3. The van der Waals surface area contributed by atoms with Crippen LogP contribution in [0.4, 0.5) is 5.69 Å². The number of hydrogen-bond acceptors (Lipinski definition) is 2. The second-order valence-corrected chi connectivity index (χ2v) is 15.2. The van der Waals surface area contributed by atoms with Crippen LogP contribution in [0.3, 0.4) is 0 Å². The molecule has 0 saturated carbocycles. The molecule has 8 aromatic carbocycles. The minimum Gasteiger partial charge on any atom is -0.309 e. The summed E-state index contributed by atoms with van der Waals surface area (Å²) in [6.07, 6.45) is 0.884. The van der Waals surface area contributed by atoms with Crippen LogP contribution in [0.5, 0.6) is 0 Å². The number of nitrogens with zero attached hydrogens (tertiary/aromatic N) is 4. The molecule has 0 N–H and O–H groups in total. The van der Waals surface area contributed by atoms with Crippen LogP contribution in [0.2, 0.25) is 0 Å². The lowest BCUT2D eigenvalue weighted by atomic mass is 9.91. The zero-order valence-corrected chi connectivity index (χ0v) is 30.5. The van der Waals surface area contributed by atoms with Gasteiger partial charge in [0.05, 0.1) is 49.9 Å². The predicted molar refractivity (Wildman–Crippen MR) is 230 cm³/mol. The highest BCUT2D eigenvalue weighted by molar-refractivity contribution is 6.45. The largest absolute Gasteiger partial charge is 0.309 e. The normalized spacial score (nSPS) is 13.6. The average molecular weight is 731 g/mol. The maximum absolute atomic E-state index is 15.4. The second kappa shape index (κ2) is 11.0. The van der Waals surface area contributed by atoms with Crippen LogP contribution in [-0.2, 0) is 6.42 Å². The number of benzene rings is 8. The first-order valence-corrected chi connectivity index (χ1v) is 19.3. The zero-order chi connectivity index (χ0) is 37.5. The van der Waals surface area contributed by atoms with Crippen LogP contribution >= 0.6 is 0 Å². The maximum atomic E-state index is 15.4. The van der Waals surface area contributed by atoms with Crippen molar-refractivity contribution in [3.05, 3.63) is 192 Å². The molecule has 0 atom stereocenters. The lowest BCUT2D eigenvalue weighted by molar-refractivity contribution is 0.0927. The Hall–Kier alpha value is -7.70. The fourth-order valence-electron chi connectivity index (χ4n) is 9.91. The molecule has 2 bridgehead atoms. The molecule has 6 heteroatoms. The van der Waals surface area contributed by atoms with Gasteiger partial charge in [-0.25, -0.2) is 4.90 Å². The van der Waals surface area contributed by atoms with Gasteiger partial charge in [-0.05, 0) is 84.3 Å². The number of fused-ring (bicyclic) bond motifs is 15. The smallest absolute Gasteiger partial charge is 0.268 e. The van der Waals surface area contributed by atoms with Gasteiger partial charge in [-0.15, -0.1) is 0 Å². The van der Waals surface area contributed by atoms with Gasteiger partial charge in [0.2, 0.25) is 0 Å². The molecule has 2 amide bonds. The van der Waals surface area contributed by atoms with Crippen molar-refractivity contribution in [3.63, 3.8) is 0 Å². The molecule has 0 spiro atoms. The summed E-state index contributed by atoms with van der Waals surface area (Å²) in [5, 5.41) is 6.37. The van der Waals surface area contributed by atoms with Crippen molar-refractivity contribution < 1.29 is 9.59 Å². The molecule has 11 aromatic rings. The Kier molecular flexibility index (Phi) is 5.88. The van der Waals surface area contributed by atoms with Crippen molar-refractivity contribution in [1.29, 1.82) is 0 Å². The first-order valence-electron chi connectivity index (χ1n) is 19.3. The van der Waals surface area contributed by atoms with E-state index < -0.39 is 0 Å². The molecule has 0 radical (unpaired) electrons. The molecule has 0 fully saturated rings. The van der Waals surface area contributed by atoms with E-state index in [1.165, 1.54) is 26.8 Å². The molecule has 0 unspecified atom stereocenters. The SMILES string of the molecule is O=C1c2c(c3c(c4ccccc4n3-c3ccc4cc3C4)c3c4ccccc4n(-c4ccccc4)c23)C(=O)N1c1ccc(-n2c3ccccc3c3ccccc32)cc1. The number of carbonyl (C=O) groups is 2. The Bertz CT molecular complexity index is 3530. The maximum Gasteiger partial charge on any atom is 0.268 e. The van der Waals surface area contributed by atoms with E-state index in [2.05, 4.69) is 135 Å². The Balaban J connectivity index is 1.12. The number of anilines is 1. The number of rotatable bonds is 4. The summed E-state index contributed by atoms with van der Waals surface area (Å²) in [5.41, 5.74) is 12.5. The highest BCUT2D eigenvalue weighted by Gasteiger charge is 2.44. The van der Waals surface area contributed by atoms with Crippen molar-refractivity contribution in [2.45, 2.75) is 6.42 Å². The van der Waals surface area contributed by atoms with Crippen molar-refractivity contribution in [1.82, 2.24) is 13.7 Å². The van der Waals surface area contributed by atoms with Gasteiger partial charge < -0.3 is 13.7 Å². The summed E-state index contributed by atoms with van der Waals surface area (Å²) in [6.45, 7) is 0. The van der Waals surface area contributed by atoms with Gasteiger partial charge in [0, 0.05) is 49.4 Å². The third kappa shape index (κ3) is 3.88. The quantitative estimate of drug-likeness (QED) is 0.169. The van der Waals surface area contributed by atoms with Crippen LogP contribution in [0.15, 0.2) is 170 Å². The van der Waals surface area contributed by atoms with E-state index in [-0.39, 0.29) is 11.8 Å². The van der Waals surface area contributed by atoms with E-state index in [0.717, 1.165) is 78.1 Å². The number of carbonyl (C=O) groups excluding carboxylic acids is 2. The van der Waals surface area contributed by atoms with Gasteiger partial charge in [0.1, 0.15) is 0 Å². The van der Waals surface area contributed by atoms with E-state index in [4.69, 9.17) is 0 Å². The Morgan fingerprint density at radius 3 is 1.37 bits per heavy atom. The number of imide groups is 1. The summed E-state index contributed by atoms with van der Waals surface area (Å²) in [5.74, 6) is -0.651. The molecular formula is C51H30N4O2. The Morgan fingerprint density at radius 1 is 0.386 bits per heavy atom. The molecule has 1 aliphatic heterocycles. The molecule has 14 rings (SSSR count). The van der Waals surface area contributed by atoms with E-state index >= 15 is 9.59 Å². The lowest BCUT2D eigenvalue weighted by Crippen LogP contribution is -2.29. The van der Waals surface area contributed by atoms with Crippen LogP contribution in [0, 0.1) is 0 Å². The van der Waals surface area contributed by atoms with Gasteiger partial charge in [-0.2, -0.15) is 0 Å². The molecule has 0 saturated heterocycles. The van der Waals surface area contributed by atoms with Crippen LogP contribution < -0.4 is 4.90 Å². The molecular weight excluding hydrogens is 701 g/mol. The zero-order valence-electron chi connectivity index (χ0n) is 30.5. The van der Waals surface area contributed by atoms with Gasteiger partial charge in [-0.1, -0.05) is 103 Å². The molecule has 6 nitrogen and oxygen atoms in total. The van der Waals surface area contributed by atoms with Crippen LogP contribution in [-0.4, -0.2) is 25.5 Å². The molecule has 266 valence electrons. The van der Waals surface area contributed by atoms with Gasteiger partial charge in [0.25, 0.3) is 11.8 Å². The topological polar surface area (TPSA) is 52.2 Å². The summed E-state index contributed by atoms with van der Waals surface area (Å²) in [7, 11) is 0. The molecule has 3 aliphatic rings. The summed E-state index contributed by atoms with van der Waals surface area (Å²) < 4.78 is 6.67. The summed E-state index contributed by atoms with van der Waals surface area (Å²) in [6, 6.07) is 58.1. The standard InChI is InChI=1S/C51H30N4O2/c56-50-46-47(51(57)54(50)34-25-23-33(24-26-34)52-40-18-8-4-14-35(40)36-15-5-9-19-41(36)52)49-45(38-17-7-11-21-43(38)55(49)39-27-22-30-28-31(39)29-30)44-37-16-6-10-20-42(37)53(48(44)46)32-12-2-1-3-13-32/h1-28H,29H2. The first-order chi connectivity index (χ1) is 28.2. The third-order valence-corrected chi connectivity index (χ3v) is 12.3. The Labute approximate surface area is 325 Å². The molecule has 3 aromatic heterocycles. The number of hydrogen-bond donors (Lipinski definition) is 0. The second-order valence-electron chi connectivity index (χ2n) is 15.2. The van der Waals surface area contributed by atoms with Crippen molar-refractivity contribution in [2.24, 2.45) is 0 Å². The lowest BCUT2D eigenvalue weighted by Gasteiger charge is -2.22. The average Bonchev–Trinajstić information content (AvgIpc) is 3.96. The fourth-order valence-corrected chi connectivity index (χ4v) is 9.91. The summed E-state index contributed by atoms with van der Waals surface area (Å²) in [4.78, 5) is 32.2. The van der Waals surface area contributed by atoms with E-state index in [9.17, 15) is 0 Å². The van der Waals surface area contributed by atoms with Crippen LogP contribution in [0.25, 0.3) is 82.5 Å². The molecule has 57 heavy (non-hydrogen) atoms. The predicted octanol–water partition coefficient (Wildman–Crippen LogP) is 11.7.